The number of hydrogen-bond donors (Lipinski definition) is 2. The van der Waals surface area contributed by atoms with E-state index < -0.39 is 0 Å². The van der Waals surface area contributed by atoms with Crippen LogP contribution in [0.15, 0.2) is 29.7 Å². The van der Waals surface area contributed by atoms with Crippen molar-refractivity contribution in [3.8, 4) is 6.07 Å². The average molecular weight is 347 g/mol. The lowest BCUT2D eigenvalue weighted by Crippen LogP contribution is -2.16. The highest BCUT2D eigenvalue weighted by Gasteiger charge is 2.27. The predicted molar refractivity (Wildman–Crippen MR) is 103 cm³/mol. The minimum atomic E-state index is 0.443. The zero-order valence-electron chi connectivity index (χ0n) is 14.5. The van der Waals surface area contributed by atoms with E-state index >= 15 is 0 Å². The van der Waals surface area contributed by atoms with E-state index in [1.807, 2.05) is 18.5 Å². The highest BCUT2D eigenvalue weighted by atomic mass is 15.1. The fourth-order valence-corrected chi connectivity index (χ4v) is 3.37. The molecule has 0 atom stereocenters. The number of pyridine rings is 1. The number of unbranched alkanes of at least 4 members (excludes halogenated alkanes) is 1. The molecule has 3 aromatic heterocycles. The second-order valence-electron chi connectivity index (χ2n) is 6.55. The summed E-state index contributed by atoms with van der Waals surface area (Å²) in [6.45, 7) is 0.609. The molecule has 3 N–H and O–H groups in total. The molecule has 0 aliphatic heterocycles. The van der Waals surface area contributed by atoms with Crippen molar-refractivity contribution in [1.29, 1.82) is 5.26 Å². The van der Waals surface area contributed by atoms with Gasteiger partial charge in [0.25, 0.3) is 0 Å². The zero-order chi connectivity index (χ0) is 17.9. The fourth-order valence-electron chi connectivity index (χ4n) is 3.37. The molecule has 0 radical (unpaired) electrons. The molecular formula is C19H21N7. The van der Waals surface area contributed by atoms with Crippen molar-refractivity contribution in [3.63, 3.8) is 0 Å². The standard InChI is InChI=1S/C19H21N7/c20-7-1-2-8-22-11-14(10-21)26-17-15-6-9-23-18(15)24-12-16(17)25-19(26)13-4-3-5-13/h6,9-13H,1-5,8,21H2,(H,23,24). The molecule has 1 aliphatic carbocycles. The van der Waals surface area contributed by atoms with E-state index in [9.17, 15) is 0 Å². The minimum absolute atomic E-state index is 0.443. The van der Waals surface area contributed by atoms with E-state index in [0.717, 1.165) is 52.9 Å². The van der Waals surface area contributed by atoms with Crippen molar-refractivity contribution in [1.82, 2.24) is 19.5 Å². The normalized spacial score (nSPS) is 15.7. The number of aromatic amines is 1. The maximum absolute atomic E-state index is 8.65. The molecule has 7 nitrogen and oxygen atoms in total. The van der Waals surface area contributed by atoms with Gasteiger partial charge in [-0.05, 0) is 25.3 Å². The number of imidazole rings is 1. The number of fused-ring (bicyclic) bond motifs is 3. The first-order valence-corrected chi connectivity index (χ1v) is 8.97. The van der Waals surface area contributed by atoms with Gasteiger partial charge in [0.1, 0.15) is 17.0 Å². The van der Waals surface area contributed by atoms with Crippen LogP contribution in [-0.4, -0.2) is 32.3 Å². The van der Waals surface area contributed by atoms with Crippen LogP contribution in [0.25, 0.3) is 27.8 Å². The van der Waals surface area contributed by atoms with Crippen LogP contribution in [0.4, 0.5) is 0 Å². The van der Waals surface area contributed by atoms with E-state index in [0.29, 0.717) is 18.9 Å². The SMILES string of the molecule is N#CCCCN=CC(=CN)n1c(C2CCC2)nc2cnc3[nH]ccc3c21. The summed E-state index contributed by atoms with van der Waals surface area (Å²) in [4.78, 5) is 17.0. The Labute approximate surface area is 151 Å². The number of nitriles is 1. The lowest BCUT2D eigenvalue weighted by Gasteiger charge is -2.25. The lowest BCUT2D eigenvalue weighted by molar-refractivity contribution is 0.400. The maximum Gasteiger partial charge on any atom is 0.139 e. The summed E-state index contributed by atoms with van der Waals surface area (Å²) in [5, 5.41) is 9.67. The third-order valence-electron chi connectivity index (χ3n) is 4.93. The quantitative estimate of drug-likeness (QED) is 0.526. The highest BCUT2D eigenvalue weighted by Crippen LogP contribution is 2.39. The Bertz CT molecular complexity index is 1030. The molecule has 0 aromatic carbocycles. The smallest absolute Gasteiger partial charge is 0.139 e. The van der Waals surface area contributed by atoms with Crippen LogP contribution in [0, 0.1) is 11.3 Å². The summed E-state index contributed by atoms with van der Waals surface area (Å²) in [7, 11) is 0. The van der Waals surface area contributed by atoms with Crippen LogP contribution in [0.1, 0.15) is 43.8 Å². The molecule has 132 valence electrons. The molecular weight excluding hydrogens is 326 g/mol. The van der Waals surface area contributed by atoms with Crippen molar-refractivity contribution < 1.29 is 0 Å². The van der Waals surface area contributed by atoms with Gasteiger partial charge in [0.05, 0.1) is 23.5 Å². The monoisotopic (exact) mass is 347 g/mol. The largest absolute Gasteiger partial charge is 0.403 e. The Hall–Kier alpha value is -3.14. The number of nitrogens with zero attached hydrogens (tertiary/aromatic N) is 5. The first kappa shape index (κ1) is 16.3. The van der Waals surface area contributed by atoms with Crippen LogP contribution < -0.4 is 5.73 Å². The van der Waals surface area contributed by atoms with Crippen molar-refractivity contribution >= 4 is 34.0 Å². The summed E-state index contributed by atoms with van der Waals surface area (Å²) in [5.74, 6) is 1.47. The van der Waals surface area contributed by atoms with Crippen LogP contribution in [-0.2, 0) is 0 Å². The first-order valence-electron chi connectivity index (χ1n) is 8.97. The first-order chi connectivity index (χ1) is 12.8. The van der Waals surface area contributed by atoms with Crippen LogP contribution in [0.2, 0.25) is 0 Å². The Morgan fingerprint density at radius 3 is 3.12 bits per heavy atom. The van der Waals surface area contributed by atoms with Crippen molar-refractivity contribution in [2.45, 2.75) is 38.0 Å². The van der Waals surface area contributed by atoms with Crippen molar-refractivity contribution in [2.24, 2.45) is 10.7 Å². The fraction of sp³-hybridized carbons (Fsp3) is 0.368. The van der Waals surface area contributed by atoms with Gasteiger partial charge in [-0.2, -0.15) is 5.26 Å². The van der Waals surface area contributed by atoms with Gasteiger partial charge in [0.15, 0.2) is 0 Å². The average Bonchev–Trinajstić information content (AvgIpc) is 3.21. The van der Waals surface area contributed by atoms with Gasteiger partial charge in [0, 0.05) is 42.9 Å². The molecule has 0 unspecified atom stereocenters. The number of rotatable bonds is 6. The molecule has 1 fully saturated rings. The molecule has 0 spiro atoms. The molecule has 0 saturated heterocycles. The number of aromatic nitrogens is 4. The van der Waals surface area contributed by atoms with Crippen LogP contribution in [0.3, 0.4) is 0 Å². The Kier molecular flexibility index (Phi) is 4.40. The molecule has 1 saturated carbocycles. The summed E-state index contributed by atoms with van der Waals surface area (Å²) in [6.07, 6.45) is 11.8. The molecule has 7 heteroatoms. The summed E-state index contributed by atoms with van der Waals surface area (Å²) in [5.41, 5.74) is 9.49. The predicted octanol–water partition coefficient (Wildman–Crippen LogP) is 3.31. The number of hydrogen-bond acceptors (Lipinski definition) is 5. The molecule has 26 heavy (non-hydrogen) atoms. The Balaban J connectivity index is 1.82. The third kappa shape index (κ3) is 2.73. The minimum Gasteiger partial charge on any atom is -0.403 e. The molecule has 3 heterocycles. The van der Waals surface area contributed by atoms with Gasteiger partial charge in [0.2, 0.25) is 0 Å². The third-order valence-corrected chi connectivity index (χ3v) is 4.93. The zero-order valence-corrected chi connectivity index (χ0v) is 14.5. The highest BCUT2D eigenvalue weighted by molar-refractivity contribution is 6.09. The second-order valence-corrected chi connectivity index (χ2v) is 6.55. The van der Waals surface area contributed by atoms with E-state index in [-0.39, 0.29) is 0 Å². The van der Waals surface area contributed by atoms with Crippen molar-refractivity contribution in [2.75, 3.05) is 6.54 Å². The van der Waals surface area contributed by atoms with Crippen LogP contribution >= 0.6 is 0 Å². The summed E-state index contributed by atoms with van der Waals surface area (Å²) >= 11 is 0. The van der Waals surface area contributed by atoms with E-state index in [1.54, 1.807) is 12.4 Å². The topological polar surface area (TPSA) is 109 Å². The number of aliphatic imine (C=N–C) groups is 1. The molecule has 0 amide bonds. The second kappa shape index (κ2) is 7.00. The van der Waals surface area contributed by atoms with E-state index in [1.165, 1.54) is 6.42 Å². The molecule has 0 bridgehead atoms. The number of nitrogens with one attached hydrogen (secondary N) is 1. The van der Waals surface area contributed by atoms with Crippen molar-refractivity contribution in [3.05, 3.63) is 30.5 Å². The Morgan fingerprint density at radius 1 is 1.50 bits per heavy atom. The van der Waals surface area contributed by atoms with Gasteiger partial charge < -0.3 is 10.7 Å². The summed E-state index contributed by atoms with van der Waals surface area (Å²) in [6, 6.07) is 4.16. The van der Waals surface area contributed by atoms with E-state index in [4.69, 9.17) is 16.0 Å². The lowest BCUT2D eigenvalue weighted by atomic mass is 9.85. The van der Waals surface area contributed by atoms with Gasteiger partial charge >= 0.3 is 0 Å². The summed E-state index contributed by atoms with van der Waals surface area (Å²) < 4.78 is 2.13. The maximum atomic E-state index is 8.65. The number of nitrogens with two attached hydrogens (primary N) is 1. The number of allylic oxidation sites excluding steroid dienone is 1. The van der Waals surface area contributed by atoms with Gasteiger partial charge in [-0.1, -0.05) is 6.42 Å². The van der Waals surface area contributed by atoms with Crippen LogP contribution in [0.5, 0.6) is 0 Å². The molecule has 3 aromatic rings. The molecule has 4 rings (SSSR count). The Morgan fingerprint density at radius 2 is 2.38 bits per heavy atom. The van der Waals surface area contributed by atoms with Gasteiger partial charge in [-0.3, -0.25) is 9.56 Å². The van der Waals surface area contributed by atoms with E-state index in [2.05, 4.69) is 25.6 Å². The van der Waals surface area contributed by atoms with Gasteiger partial charge in [-0.15, -0.1) is 0 Å². The molecule has 1 aliphatic rings. The van der Waals surface area contributed by atoms with Gasteiger partial charge in [-0.25, -0.2) is 9.97 Å². The number of H-pyrrole nitrogens is 1.